The predicted molar refractivity (Wildman–Crippen MR) is 84.8 cm³/mol. The fraction of sp³-hybridized carbons (Fsp3) is 0.529. The van der Waals surface area contributed by atoms with Gasteiger partial charge in [-0.1, -0.05) is 0 Å². The predicted octanol–water partition coefficient (Wildman–Crippen LogP) is 1.96. The van der Waals surface area contributed by atoms with Crippen molar-refractivity contribution in [2.45, 2.75) is 25.7 Å². The van der Waals surface area contributed by atoms with Crippen LogP contribution in [0, 0.1) is 5.92 Å². The van der Waals surface area contributed by atoms with Gasteiger partial charge in [0.15, 0.2) is 0 Å². The second-order valence-electron chi connectivity index (χ2n) is 5.78. The molecule has 1 aromatic rings. The number of hydrogen-bond donors (Lipinski definition) is 1. The first-order valence-corrected chi connectivity index (χ1v) is 7.74. The van der Waals surface area contributed by atoms with Crippen molar-refractivity contribution in [1.82, 2.24) is 4.90 Å². The lowest BCUT2D eigenvalue weighted by atomic mass is 9.93. The topological polar surface area (TPSA) is 76.1 Å². The summed E-state index contributed by atoms with van der Waals surface area (Å²) in [6, 6.07) is 5.40. The second-order valence-corrected chi connectivity index (χ2v) is 5.78. The Morgan fingerprint density at radius 2 is 1.91 bits per heavy atom. The Kier molecular flexibility index (Phi) is 5.84. The van der Waals surface area contributed by atoms with Crippen LogP contribution in [0.1, 0.15) is 24.8 Å². The van der Waals surface area contributed by atoms with E-state index in [4.69, 9.17) is 14.6 Å². The Hall–Kier alpha value is -2.24. The van der Waals surface area contributed by atoms with Crippen LogP contribution in [0.25, 0.3) is 0 Å². The number of carboxylic acid groups (broad SMARTS) is 1. The smallest absolute Gasteiger partial charge is 0.303 e. The molecule has 0 radical (unpaired) electrons. The zero-order valence-electron chi connectivity index (χ0n) is 13.6. The van der Waals surface area contributed by atoms with Gasteiger partial charge in [-0.05, 0) is 37.0 Å². The average molecular weight is 321 g/mol. The number of amides is 1. The van der Waals surface area contributed by atoms with Crippen LogP contribution >= 0.6 is 0 Å². The number of carbonyl (C=O) groups is 2. The van der Waals surface area contributed by atoms with E-state index in [0.29, 0.717) is 24.6 Å². The molecule has 0 aliphatic carbocycles. The quantitative estimate of drug-likeness (QED) is 0.867. The molecule has 0 bridgehead atoms. The molecular weight excluding hydrogens is 298 g/mol. The maximum atomic E-state index is 12.5. The standard InChI is InChI=1S/C17H23NO5/c1-22-14-3-4-15(23-2)13(10-14)11-16(19)18-7-5-12(6-8-18)9-17(20)21/h3-4,10,12H,5-9,11H2,1-2H3,(H,20,21). The number of methoxy groups -OCH3 is 2. The third kappa shape index (κ3) is 4.61. The van der Waals surface area contributed by atoms with Crippen molar-refractivity contribution in [3.63, 3.8) is 0 Å². The highest BCUT2D eigenvalue weighted by Crippen LogP contribution is 2.26. The molecular formula is C17H23NO5. The summed E-state index contributed by atoms with van der Waals surface area (Å²) in [6.45, 7) is 1.23. The van der Waals surface area contributed by atoms with Crippen molar-refractivity contribution in [2.75, 3.05) is 27.3 Å². The molecule has 126 valence electrons. The summed E-state index contributed by atoms with van der Waals surface area (Å²) in [5, 5.41) is 8.84. The molecule has 1 aromatic carbocycles. The fourth-order valence-corrected chi connectivity index (χ4v) is 2.93. The Morgan fingerprint density at radius 3 is 2.48 bits per heavy atom. The van der Waals surface area contributed by atoms with E-state index in [1.165, 1.54) is 0 Å². The SMILES string of the molecule is COc1ccc(OC)c(CC(=O)N2CCC(CC(=O)O)CC2)c1. The van der Waals surface area contributed by atoms with Crippen molar-refractivity contribution in [3.8, 4) is 11.5 Å². The number of benzene rings is 1. The Bertz CT molecular complexity index is 564. The molecule has 0 atom stereocenters. The van der Waals surface area contributed by atoms with Crippen LogP contribution in [-0.2, 0) is 16.0 Å². The zero-order chi connectivity index (χ0) is 16.8. The molecule has 1 fully saturated rings. The lowest BCUT2D eigenvalue weighted by Crippen LogP contribution is -2.39. The number of likely N-dealkylation sites (tertiary alicyclic amines) is 1. The van der Waals surface area contributed by atoms with Crippen LogP contribution in [0.5, 0.6) is 11.5 Å². The highest BCUT2D eigenvalue weighted by atomic mass is 16.5. The van der Waals surface area contributed by atoms with Gasteiger partial charge in [0.25, 0.3) is 0 Å². The number of piperidine rings is 1. The first-order valence-electron chi connectivity index (χ1n) is 7.74. The molecule has 1 heterocycles. The van der Waals surface area contributed by atoms with Gasteiger partial charge in [0.1, 0.15) is 11.5 Å². The monoisotopic (exact) mass is 321 g/mol. The third-order valence-electron chi connectivity index (χ3n) is 4.26. The van der Waals surface area contributed by atoms with Crippen molar-refractivity contribution >= 4 is 11.9 Å². The molecule has 23 heavy (non-hydrogen) atoms. The van der Waals surface area contributed by atoms with E-state index in [1.54, 1.807) is 31.3 Å². The summed E-state index contributed by atoms with van der Waals surface area (Å²) in [4.78, 5) is 25.0. The highest BCUT2D eigenvalue weighted by Gasteiger charge is 2.25. The normalized spacial score (nSPS) is 15.3. The summed E-state index contributed by atoms with van der Waals surface area (Å²) < 4.78 is 10.5. The minimum absolute atomic E-state index is 0.0327. The molecule has 0 unspecified atom stereocenters. The summed E-state index contributed by atoms with van der Waals surface area (Å²) in [6.07, 6.45) is 1.93. The number of nitrogens with zero attached hydrogens (tertiary/aromatic N) is 1. The minimum Gasteiger partial charge on any atom is -0.497 e. The number of carboxylic acids is 1. The Morgan fingerprint density at radius 1 is 1.22 bits per heavy atom. The number of ether oxygens (including phenoxy) is 2. The van der Waals surface area contributed by atoms with Crippen LogP contribution in [-0.4, -0.2) is 49.2 Å². The van der Waals surface area contributed by atoms with Gasteiger partial charge < -0.3 is 19.5 Å². The molecule has 0 spiro atoms. The van der Waals surface area contributed by atoms with Gasteiger partial charge in [0.2, 0.25) is 5.91 Å². The molecule has 1 aliphatic heterocycles. The summed E-state index contributed by atoms with van der Waals surface area (Å²) in [7, 11) is 3.16. The van der Waals surface area contributed by atoms with E-state index in [2.05, 4.69) is 0 Å². The summed E-state index contributed by atoms with van der Waals surface area (Å²) >= 11 is 0. The lowest BCUT2D eigenvalue weighted by Gasteiger charge is -2.31. The molecule has 1 N–H and O–H groups in total. The maximum Gasteiger partial charge on any atom is 0.303 e. The van der Waals surface area contributed by atoms with E-state index in [0.717, 1.165) is 18.4 Å². The van der Waals surface area contributed by atoms with Crippen molar-refractivity contribution in [2.24, 2.45) is 5.92 Å². The average Bonchev–Trinajstić information content (AvgIpc) is 2.54. The second kappa shape index (κ2) is 7.85. The van der Waals surface area contributed by atoms with Gasteiger partial charge >= 0.3 is 5.97 Å². The van der Waals surface area contributed by atoms with Gasteiger partial charge in [0, 0.05) is 25.1 Å². The minimum atomic E-state index is -0.768. The van der Waals surface area contributed by atoms with E-state index < -0.39 is 5.97 Å². The van der Waals surface area contributed by atoms with Crippen LogP contribution in [0.3, 0.4) is 0 Å². The van der Waals surface area contributed by atoms with Crippen LogP contribution in [0.15, 0.2) is 18.2 Å². The molecule has 1 aliphatic rings. The van der Waals surface area contributed by atoms with Gasteiger partial charge in [0.05, 0.1) is 20.6 Å². The zero-order valence-corrected chi connectivity index (χ0v) is 13.6. The van der Waals surface area contributed by atoms with E-state index in [-0.39, 0.29) is 24.7 Å². The number of hydrogen-bond acceptors (Lipinski definition) is 4. The summed E-state index contributed by atoms with van der Waals surface area (Å²) in [5.41, 5.74) is 0.796. The van der Waals surface area contributed by atoms with Crippen LogP contribution in [0.4, 0.5) is 0 Å². The van der Waals surface area contributed by atoms with E-state index in [9.17, 15) is 9.59 Å². The molecule has 1 amide bonds. The molecule has 2 rings (SSSR count). The Labute approximate surface area is 136 Å². The van der Waals surface area contributed by atoms with Gasteiger partial charge in [-0.3, -0.25) is 9.59 Å². The number of aliphatic carboxylic acids is 1. The first-order chi connectivity index (χ1) is 11.0. The lowest BCUT2D eigenvalue weighted by molar-refractivity contribution is -0.138. The molecule has 0 saturated carbocycles. The number of carbonyl (C=O) groups excluding carboxylic acids is 1. The summed E-state index contributed by atoms with van der Waals surface area (Å²) in [5.74, 6) is 0.790. The largest absolute Gasteiger partial charge is 0.497 e. The first kappa shape index (κ1) is 17.1. The van der Waals surface area contributed by atoms with Crippen molar-refractivity contribution in [3.05, 3.63) is 23.8 Å². The van der Waals surface area contributed by atoms with Gasteiger partial charge in [-0.25, -0.2) is 0 Å². The van der Waals surface area contributed by atoms with E-state index >= 15 is 0 Å². The fourth-order valence-electron chi connectivity index (χ4n) is 2.93. The molecule has 6 heteroatoms. The van der Waals surface area contributed by atoms with Crippen LogP contribution in [0.2, 0.25) is 0 Å². The van der Waals surface area contributed by atoms with E-state index in [1.807, 2.05) is 6.07 Å². The van der Waals surface area contributed by atoms with Crippen LogP contribution < -0.4 is 9.47 Å². The Balaban J connectivity index is 1.96. The van der Waals surface area contributed by atoms with Crippen molar-refractivity contribution in [1.29, 1.82) is 0 Å². The highest BCUT2D eigenvalue weighted by molar-refractivity contribution is 5.79. The van der Waals surface area contributed by atoms with Crippen molar-refractivity contribution < 1.29 is 24.2 Å². The molecule has 6 nitrogen and oxygen atoms in total. The maximum absolute atomic E-state index is 12.5. The number of rotatable bonds is 6. The molecule has 1 saturated heterocycles. The molecule has 0 aromatic heterocycles. The van der Waals surface area contributed by atoms with Gasteiger partial charge in [-0.15, -0.1) is 0 Å². The third-order valence-corrected chi connectivity index (χ3v) is 4.26. The van der Waals surface area contributed by atoms with Gasteiger partial charge in [-0.2, -0.15) is 0 Å².